The van der Waals surface area contributed by atoms with Crippen LogP contribution in [0, 0.1) is 12.7 Å². The number of thioether (sulfide) groups is 1. The van der Waals surface area contributed by atoms with Crippen LogP contribution in [0.5, 0.6) is 5.75 Å². The Kier molecular flexibility index (Phi) is 9.96. The maximum Gasteiger partial charge on any atom is 0.313 e. The quantitative estimate of drug-likeness (QED) is 0.174. The van der Waals surface area contributed by atoms with Crippen molar-refractivity contribution in [1.29, 1.82) is 0 Å². The average molecular weight is 539 g/mol. The number of carboxylic acid groups (broad SMARTS) is 1. The first-order valence-electron chi connectivity index (χ1n) is 11.5. The fourth-order valence-corrected chi connectivity index (χ4v) is 5.13. The van der Waals surface area contributed by atoms with Crippen LogP contribution in [-0.4, -0.2) is 16.8 Å². The summed E-state index contributed by atoms with van der Waals surface area (Å²) in [6.07, 6.45) is 3.43. The Balaban J connectivity index is 1.90. The molecule has 2 aromatic carbocycles. The van der Waals surface area contributed by atoms with E-state index >= 15 is 0 Å². The highest BCUT2D eigenvalue weighted by molar-refractivity contribution is 7.99. The molecule has 4 nitrogen and oxygen atoms in total. The number of hydrogen-bond donors (Lipinski definition) is 1. The van der Waals surface area contributed by atoms with Crippen molar-refractivity contribution in [1.82, 2.24) is 0 Å². The lowest BCUT2D eigenvalue weighted by molar-refractivity contribution is -0.133. The second-order valence-corrected chi connectivity index (χ2v) is 10.8. The summed E-state index contributed by atoms with van der Waals surface area (Å²) in [5, 5.41) is 8.86. The highest BCUT2D eigenvalue weighted by Gasteiger charge is 2.35. The Morgan fingerprint density at radius 1 is 1.17 bits per heavy atom. The van der Waals surface area contributed by atoms with Gasteiger partial charge in [0.05, 0.1) is 5.75 Å². The Morgan fingerprint density at radius 2 is 1.91 bits per heavy atom. The highest BCUT2D eigenvalue weighted by Crippen LogP contribution is 2.46. The van der Waals surface area contributed by atoms with Gasteiger partial charge in [0.25, 0.3) is 0 Å². The third kappa shape index (κ3) is 7.66. The average Bonchev–Trinajstić information content (AvgIpc) is 3.15. The number of benzene rings is 2. The molecule has 3 aromatic rings. The molecule has 0 aliphatic carbocycles. The topological polar surface area (TPSA) is 59.7 Å². The molecule has 0 fully saturated rings. The van der Waals surface area contributed by atoms with Gasteiger partial charge in [-0.05, 0) is 55.2 Å². The lowest BCUT2D eigenvalue weighted by Gasteiger charge is -2.19. The predicted octanol–water partition coefficient (Wildman–Crippen LogP) is 8.50. The molecule has 0 atom stereocenters. The second kappa shape index (κ2) is 12.7. The van der Waals surface area contributed by atoms with Crippen LogP contribution < -0.4 is 4.74 Å². The first kappa shape index (κ1) is 27.4. The molecule has 8 heteroatoms. The summed E-state index contributed by atoms with van der Waals surface area (Å²) < 4.78 is 24.6. The number of carbonyl (C=O) groups is 1. The standard InChI is InChI=1S/C27H29Cl2FO4S/c1-3-4-5-13-27(28,29)26-23(25(18(2)34-26)20-9-11-21(30)12-10-20)15-33-22-8-6-7-19(14-22)16-35-17-24(31)32/h6-12,14H,3-5,13,15-17H2,1-2H3,(H,31,32). The van der Waals surface area contributed by atoms with Gasteiger partial charge < -0.3 is 14.3 Å². The minimum atomic E-state index is -1.23. The molecular formula is C27H29Cl2FO4S. The summed E-state index contributed by atoms with van der Waals surface area (Å²) in [4.78, 5) is 10.8. The maximum atomic E-state index is 13.6. The normalized spacial score (nSPS) is 11.6. The summed E-state index contributed by atoms with van der Waals surface area (Å²) in [6, 6.07) is 13.7. The van der Waals surface area contributed by atoms with E-state index in [1.165, 1.54) is 23.9 Å². The number of halogens is 3. The number of hydrogen-bond acceptors (Lipinski definition) is 4. The zero-order valence-electron chi connectivity index (χ0n) is 19.8. The SMILES string of the molecule is CCCCCC(Cl)(Cl)c1oc(C)c(-c2ccc(F)cc2)c1COc1cccc(CSCC(=O)O)c1. The van der Waals surface area contributed by atoms with E-state index in [0.29, 0.717) is 29.4 Å². The van der Waals surface area contributed by atoms with Crippen molar-refractivity contribution in [2.75, 3.05) is 5.75 Å². The molecule has 0 unspecified atom stereocenters. The smallest absolute Gasteiger partial charge is 0.313 e. The summed E-state index contributed by atoms with van der Waals surface area (Å²) in [6.45, 7) is 4.10. The van der Waals surface area contributed by atoms with Crippen molar-refractivity contribution in [3.8, 4) is 16.9 Å². The number of rotatable bonds is 13. The molecule has 1 heterocycles. The predicted molar refractivity (Wildman–Crippen MR) is 141 cm³/mol. The minimum absolute atomic E-state index is 0.0370. The number of unbranched alkanes of at least 4 members (excludes halogenated alkanes) is 2. The first-order chi connectivity index (χ1) is 16.7. The summed E-state index contributed by atoms with van der Waals surface area (Å²) in [5.41, 5.74) is 3.25. The third-order valence-corrected chi connectivity index (χ3v) is 7.23. The van der Waals surface area contributed by atoms with Gasteiger partial charge in [-0.3, -0.25) is 4.79 Å². The zero-order valence-corrected chi connectivity index (χ0v) is 22.1. The number of ether oxygens (including phenoxy) is 1. The van der Waals surface area contributed by atoms with Gasteiger partial charge in [-0.2, -0.15) is 0 Å². The molecular weight excluding hydrogens is 510 g/mol. The van der Waals surface area contributed by atoms with Crippen LogP contribution in [0.15, 0.2) is 52.9 Å². The molecule has 3 rings (SSSR count). The van der Waals surface area contributed by atoms with E-state index in [4.69, 9.17) is 37.5 Å². The number of furan rings is 1. The van der Waals surface area contributed by atoms with Gasteiger partial charge in [-0.1, -0.05) is 67.2 Å². The van der Waals surface area contributed by atoms with E-state index < -0.39 is 10.3 Å². The second-order valence-electron chi connectivity index (χ2n) is 8.33. The van der Waals surface area contributed by atoms with Crippen LogP contribution in [0.25, 0.3) is 11.1 Å². The van der Waals surface area contributed by atoms with Crippen molar-refractivity contribution in [2.24, 2.45) is 0 Å². The van der Waals surface area contributed by atoms with Crippen LogP contribution >= 0.6 is 35.0 Å². The molecule has 0 saturated heterocycles. The highest BCUT2D eigenvalue weighted by atomic mass is 35.5. The number of carboxylic acids is 1. The van der Waals surface area contributed by atoms with E-state index in [1.807, 2.05) is 31.2 Å². The molecule has 35 heavy (non-hydrogen) atoms. The molecule has 0 amide bonds. The molecule has 0 spiro atoms. The molecule has 0 radical (unpaired) electrons. The van der Waals surface area contributed by atoms with Crippen molar-refractivity contribution >= 4 is 40.9 Å². The summed E-state index contributed by atoms with van der Waals surface area (Å²) in [5.74, 6) is 1.14. The van der Waals surface area contributed by atoms with E-state index in [2.05, 4.69) is 6.92 Å². The van der Waals surface area contributed by atoms with E-state index in [1.54, 1.807) is 12.1 Å². The fourth-order valence-electron chi connectivity index (χ4n) is 3.87. The Morgan fingerprint density at radius 3 is 2.60 bits per heavy atom. The van der Waals surface area contributed by atoms with Crippen LogP contribution in [0.3, 0.4) is 0 Å². The van der Waals surface area contributed by atoms with Gasteiger partial charge in [0.2, 0.25) is 0 Å². The van der Waals surface area contributed by atoms with Gasteiger partial charge in [0, 0.05) is 16.9 Å². The largest absolute Gasteiger partial charge is 0.489 e. The summed E-state index contributed by atoms with van der Waals surface area (Å²) >= 11 is 14.9. The van der Waals surface area contributed by atoms with Crippen molar-refractivity contribution in [3.63, 3.8) is 0 Å². The van der Waals surface area contributed by atoms with Crippen LogP contribution in [-0.2, 0) is 21.5 Å². The zero-order chi connectivity index (χ0) is 25.4. The van der Waals surface area contributed by atoms with Gasteiger partial charge >= 0.3 is 5.97 Å². The number of aryl methyl sites for hydroxylation is 1. The molecule has 1 N–H and O–H groups in total. The van der Waals surface area contributed by atoms with Gasteiger partial charge in [-0.15, -0.1) is 11.8 Å². The van der Waals surface area contributed by atoms with Crippen LogP contribution in [0.1, 0.15) is 55.3 Å². The maximum absolute atomic E-state index is 13.6. The lowest BCUT2D eigenvalue weighted by Crippen LogP contribution is -2.13. The van der Waals surface area contributed by atoms with Crippen molar-refractivity contribution < 1.29 is 23.4 Å². The number of aliphatic carboxylic acids is 1. The molecule has 188 valence electrons. The lowest BCUT2D eigenvalue weighted by atomic mass is 9.98. The Bertz CT molecular complexity index is 1130. The van der Waals surface area contributed by atoms with Gasteiger partial charge in [0.15, 0.2) is 4.33 Å². The van der Waals surface area contributed by atoms with Crippen molar-refractivity contribution in [3.05, 3.63) is 77.0 Å². The van der Waals surface area contributed by atoms with Gasteiger partial charge in [0.1, 0.15) is 29.7 Å². The van der Waals surface area contributed by atoms with Crippen LogP contribution in [0.4, 0.5) is 4.39 Å². The monoisotopic (exact) mass is 538 g/mol. The molecule has 0 aliphatic heterocycles. The molecule has 0 aliphatic rings. The summed E-state index contributed by atoms with van der Waals surface area (Å²) in [7, 11) is 0. The third-order valence-electron chi connectivity index (χ3n) is 5.52. The first-order valence-corrected chi connectivity index (χ1v) is 13.4. The van der Waals surface area contributed by atoms with E-state index in [-0.39, 0.29) is 18.2 Å². The molecule has 0 saturated carbocycles. The minimum Gasteiger partial charge on any atom is -0.489 e. The molecule has 0 bridgehead atoms. The molecule has 1 aromatic heterocycles. The van der Waals surface area contributed by atoms with Gasteiger partial charge in [-0.25, -0.2) is 4.39 Å². The number of alkyl halides is 2. The fraction of sp³-hybridized carbons (Fsp3) is 0.370. The van der Waals surface area contributed by atoms with Crippen LogP contribution in [0.2, 0.25) is 0 Å². The van der Waals surface area contributed by atoms with Crippen molar-refractivity contribution in [2.45, 2.75) is 56.2 Å². The Labute approximate surface area is 219 Å². The van der Waals surface area contributed by atoms with E-state index in [0.717, 1.165) is 41.5 Å². The Hall–Kier alpha value is -2.15. The van der Waals surface area contributed by atoms with E-state index in [9.17, 15) is 9.18 Å².